The van der Waals surface area contributed by atoms with Crippen LogP contribution in [0.4, 0.5) is 0 Å². The van der Waals surface area contributed by atoms with Gasteiger partial charge in [0.05, 0.1) is 5.51 Å². The van der Waals surface area contributed by atoms with Crippen LogP contribution in [0.2, 0.25) is 0 Å². The number of carbonyl (C=O) groups is 1. The third kappa shape index (κ3) is 3.02. The van der Waals surface area contributed by atoms with Crippen molar-refractivity contribution in [3.63, 3.8) is 0 Å². The summed E-state index contributed by atoms with van der Waals surface area (Å²) in [6.45, 7) is 1.77. The quantitative estimate of drug-likeness (QED) is 0.850. The van der Waals surface area contributed by atoms with Gasteiger partial charge in [-0.3, -0.25) is 0 Å². The SMILES string of the molecule is CSCC(C)N(C)S(=O)(=O)c1scnc1C(=O)O. The smallest absolute Gasteiger partial charge is 0.356 e. The summed E-state index contributed by atoms with van der Waals surface area (Å²) >= 11 is 2.35. The van der Waals surface area contributed by atoms with Crippen molar-refractivity contribution in [2.75, 3.05) is 19.1 Å². The summed E-state index contributed by atoms with van der Waals surface area (Å²) in [7, 11) is -2.35. The zero-order valence-corrected chi connectivity index (χ0v) is 12.6. The molecule has 0 radical (unpaired) electrons. The predicted octanol–water partition coefficient (Wildman–Crippen LogP) is 1.21. The second-order valence-electron chi connectivity index (χ2n) is 3.62. The van der Waals surface area contributed by atoms with Crippen molar-refractivity contribution in [3.05, 3.63) is 11.2 Å². The first-order valence-corrected chi connectivity index (χ1v) is 8.67. The third-order valence-electron chi connectivity index (χ3n) is 2.38. The van der Waals surface area contributed by atoms with Gasteiger partial charge in [0.15, 0.2) is 9.90 Å². The molecule has 0 aliphatic heterocycles. The van der Waals surface area contributed by atoms with E-state index < -0.39 is 21.7 Å². The molecule has 1 rings (SSSR count). The number of sulfonamides is 1. The van der Waals surface area contributed by atoms with Crippen LogP contribution in [0, 0.1) is 0 Å². The van der Waals surface area contributed by atoms with Crippen molar-refractivity contribution in [1.82, 2.24) is 9.29 Å². The van der Waals surface area contributed by atoms with Gasteiger partial charge in [0.25, 0.3) is 10.0 Å². The van der Waals surface area contributed by atoms with Gasteiger partial charge < -0.3 is 5.11 Å². The Hall–Kier alpha value is -0.640. The number of thioether (sulfide) groups is 1. The Kier molecular flexibility index (Phi) is 5.14. The van der Waals surface area contributed by atoms with Crippen LogP contribution in [0.5, 0.6) is 0 Å². The van der Waals surface area contributed by atoms with Crippen LogP contribution in [0.25, 0.3) is 0 Å². The minimum absolute atomic E-state index is 0.214. The van der Waals surface area contributed by atoms with E-state index in [1.54, 1.807) is 6.92 Å². The normalized spacial score (nSPS) is 13.8. The predicted molar refractivity (Wildman–Crippen MR) is 71.9 cm³/mol. The number of thiazole rings is 1. The molecule has 1 aromatic heterocycles. The minimum Gasteiger partial charge on any atom is -0.476 e. The molecule has 0 spiro atoms. The highest BCUT2D eigenvalue weighted by atomic mass is 32.2. The molecule has 1 N–H and O–H groups in total. The van der Waals surface area contributed by atoms with Gasteiger partial charge in [0.2, 0.25) is 0 Å². The van der Waals surface area contributed by atoms with Crippen molar-refractivity contribution in [3.8, 4) is 0 Å². The molecule has 0 saturated heterocycles. The Balaban J connectivity index is 3.13. The molecule has 0 aliphatic rings. The Morgan fingerprint density at radius 2 is 2.28 bits per heavy atom. The Morgan fingerprint density at radius 1 is 1.67 bits per heavy atom. The Bertz CT molecular complexity index is 526. The van der Waals surface area contributed by atoms with E-state index in [4.69, 9.17) is 5.11 Å². The van der Waals surface area contributed by atoms with Crippen LogP contribution in [0.15, 0.2) is 9.72 Å². The van der Waals surface area contributed by atoms with Gasteiger partial charge in [-0.25, -0.2) is 18.2 Å². The first kappa shape index (κ1) is 15.4. The lowest BCUT2D eigenvalue weighted by Gasteiger charge is -2.22. The molecule has 1 atom stereocenters. The molecule has 0 saturated carbocycles. The number of rotatable bonds is 6. The molecule has 102 valence electrons. The molecule has 6 nitrogen and oxygen atoms in total. The van der Waals surface area contributed by atoms with Crippen LogP contribution in [0.3, 0.4) is 0 Å². The summed E-state index contributed by atoms with van der Waals surface area (Å²) in [6.07, 6.45) is 1.88. The highest BCUT2D eigenvalue weighted by Crippen LogP contribution is 2.25. The molecule has 0 amide bonds. The number of aromatic nitrogens is 1. The van der Waals surface area contributed by atoms with E-state index in [2.05, 4.69) is 4.98 Å². The molecule has 0 fully saturated rings. The van der Waals surface area contributed by atoms with Gasteiger partial charge in [-0.2, -0.15) is 16.1 Å². The molecule has 0 aromatic carbocycles. The molecule has 18 heavy (non-hydrogen) atoms. The Labute approximate surface area is 114 Å². The maximum atomic E-state index is 12.3. The van der Waals surface area contributed by atoms with Crippen LogP contribution in [-0.4, -0.2) is 53.9 Å². The van der Waals surface area contributed by atoms with E-state index in [0.717, 1.165) is 11.3 Å². The van der Waals surface area contributed by atoms with E-state index in [0.29, 0.717) is 5.75 Å². The zero-order chi connectivity index (χ0) is 13.9. The fourth-order valence-corrected chi connectivity index (χ4v) is 4.74. The fraction of sp³-hybridized carbons (Fsp3) is 0.556. The number of aromatic carboxylic acids is 1. The average molecular weight is 310 g/mol. The topological polar surface area (TPSA) is 87.6 Å². The van der Waals surface area contributed by atoms with Gasteiger partial charge in [-0.15, -0.1) is 11.3 Å². The zero-order valence-electron chi connectivity index (χ0n) is 10.2. The number of carboxylic acids is 1. The van der Waals surface area contributed by atoms with Crippen LogP contribution >= 0.6 is 23.1 Å². The fourth-order valence-electron chi connectivity index (χ4n) is 1.27. The van der Waals surface area contributed by atoms with E-state index in [9.17, 15) is 13.2 Å². The van der Waals surface area contributed by atoms with Crippen molar-refractivity contribution < 1.29 is 18.3 Å². The number of carboxylic acid groups (broad SMARTS) is 1. The summed E-state index contributed by atoms with van der Waals surface area (Å²) < 4.78 is 25.5. The second kappa shape index (κ2) is 6.00. The van der Waals surface area contributed by atoms with Crippen molar-refractivity contribution in [1.29, 1.82) is 0 Å². The van der Waals surface area contributed by atoms with Gasteiger partial charge >= 0.3 is 5.97 Å². The highest BCUT2D eigenvalue weighted by molar-refractivity contribution is 7.98. The third-order valence-corrected chi connectivity index (χ3v) is 6.51. The minimum atomic E-state index is -3.80. The molecular weight excluding hydrogens is 296 g/mol. The maximum absolute atomic E-state index is 12.3. The number of hydrogen-bond donors (Lipinski definition) is 1. The largest absolute Gasteiger partial charge is 0.476 e. The lowest BCUT2D eigenvalue weighted by Crippen LogP contribution is -2.36. The van der Waals surface area contributed by atoms with Crippen molar-refractivity contribution >= 4 is 39.1 Å². The average Bonchev–Trinajstić information content (AvgIpc) is 2.77. The van der Waals surface area contributed by atoms with Gasteiger partial charge in [0.1, 0.15) is 0 Å². The summed E-state index contributed by atoms with van der Waals surface area (Å²) in [4.78, 5) is 14.5. The van der Waals surface area contributed by atoms with E-state index in [-0.39, 0.29) is 10.3 Å². The number of nitrogens with zero attached hydrogens (tertiary/aromatic N) is 2. The molecule has 1 aromatic rings. The van der Waals surface area contributed by atoms with Crippen molar-refractivity contribution in [2.24, 2.45) is 0 Å². The van der Waals surface area contributed by atoms with Gasteiger partial charge in [-0.05, 0) is 13.2 Å². The first-order chi connectivity index (χ1) is 8.32. The van der Waals surface area contributed by atoms with E-state index >= 15 is 0 Å². The molecule has 1 unspecified atom stereocenters. The summed E-state index contributed by atoms with van der Waals surface area (Å²) in [5.41, 5.74) is 0.812. The summed E-state index contributed by atoms with van der Waals surface area (Å²) in [6, 6.07) is -0.214. The Morgan fingerprint density at radius 3 is 2.78 bits per heavy atom. The van der Waals surface area contributed by atoms with E-state index in [1.807, 2.05) is 6.26 Å². The molecule has 9 heteroatoms. The van der Waals surface area contributed by atoms with Crippen LogP contribution in [-0.2, 0) is 10.0 Å². The molecular formula is C9H14N2O4S3. The summed E-state index contributed by atoms with van der Waals surface area (Å²) in [5.74, 6) is -0.697. The monoisotopic (exact) mass is 310 g/mol. The lowest BCUT2D eigenvalue weighted by molar-refractivity contribution is 0.0687. The standard InChI is InChI=1S/C9H14N2O4S3/c1-6(4-16-3)11(2)18(14,15)9-7(8(12)13)10-5-17-9/h5-6H,4H2,1-3H3,(H,12,13). The molecule has 0 bridgehead atoms. The molecule has 1 heterocycles. The second-order valence-corrected chi connectivity index (χ2v) is 7.58. The summed E-state index contributed by atoms with van der Waals surface area (Å²) in [5, 5.41) is 8.90. The highest BCUT2D eigenvalue weighted by Gasteiger charge is 2.31. The molecule has 0 aliphatic carbocycles. The van der Waals surface area contributed by atoms with Crippen LogP contribution < -0.4 is 0 Å². The van der Waals surface area contributed by atoms with Gasteiger partial charge in [0, 0.05) is 18.8 Å². The first-order valence-electron chi connectivity index (χ1n) is 4.96. The maximum Gasteiger partial charge on any atom is 0.356 e. The lowest BCUT2D eigenvalue weighted by atomic mass is 10.4. The van der Waals surface area contributed by atoms with E-state index in [1.165, 1.54) is 28.6 Å². The van der Waals surface area contributed by atoms with Gasteiger partial charge in [-0.1, -0.05) is 0 Å². The number of hydrogen-bond acceptors (Lipinski definition) is 6. The van der Waals surface area contributed by atoms with Crippen LogP contribution in [0.1, 0.15) is 17.4 Å². The van der Waals surface area contributed by atoms with Crippen molar-refractivity contribution in [2.45, 2.75) is 17.2 Å².